The number of sulfone groups is 1. The second-order valence-electron chi connectivity index (χ2n) is 8.69. The third-order valence-electron chi connectivity index (χ3n) is 5.42. The molecule has 1 fully saturated rings. The van der Waals surface area contributed by atoms with Crippen molar-refractivity contribution < 1.29 is 13.2 Å². The highest BCUT2D eigenvalue weighted by Crippen LogP contribution is 2.40. The van der Waals surface area contributed by atoms with E-state index in [4.69, 9.17) is 0 Å². The lowest BCUT2D eigenvalue weighted by Crippen LogP contribution is -2.39. The molecular weight excluding hydrogens is 390 g/mol. The molecule has 2 atom stereocenters. The molecular formula is C20H25N5O3S. The van der Waals surface area contributed by atoms with Gasteiger partial charge in [-0.15, -0.1) is 0 Å². The second kappa shape index (κ2) is 7.05. The molecule has 4 heterocycles. The number of amides is 1. The van der Waals surface area contributed by atoms with Gasteiger partial charge in [0.2, 0.25) is 11.9 Å². The Balaban J connectivity index is 1.61. The number of carbonyl (C=O) groups is 1. The van der Waals surface area contributed by atoms with Gasteiger partial charge >= 0.3 is 0 Å². The largest absolute Gasteiger partial charge is 0.349 e. The van der Waals surface area contributed by atoms with Crippen LogP contribution in [0, 0.1) is 5.41 Å². The number of rotatable bonds is 3. The molecule has 4 rings (SSSR count). The van der Waals surface area contributed by atoms with Crippen LogP contribution < -0.4 is 5.32 Å². The number of nitrogens with one attached hydrogen (secondary N) is 1. The van der Waals surface area contributed by atoms with E-state index in [1.165, 1.54) is 0 Å². The van der Waals surface area contributed by atoms with Crippen LogP contribution >= 0.6 is 0 Å². The van der Waals surface area contributed by atoms with Crippen LogP contribution in [-0.4, -0.2) is 52.5 Å². The van der Waals surface area contributed by atoms with Crippen molar-refractivity contribution in [2.75, 3.05) is 18.4 Å². The fraction of sp³-hybridized carbons (Fsp3) is 0.500. The third kappa shape index (κ3) is 3.83. The standard InChI is InChI=1S/C20H25N5O3S/c1-20(2,3)18(26)25-10-15-16(11-25)29(27,28)12-13-8-22-19(24-17(13)15)23-9-14-6-4-5-7-21-14/h4-8,15-16H,9-12H2,1-3H3,(H,22,23,24)/t15-,16+/m0/s1. The average molecular weight is 416 g/mol. The van der Waals surface area contributed by atoms with Crippen LogP contribution in [0.3, 0.4) is 0 Å². The summed E-state index contributed by atoms with van der Waals surface area (Å²) in [7, 11) is -3.36. The van der Waals surface area contributed by atoms with Crippen LogP contribution in [0.2, 0.25) is 0 Å². The summed E-state index contributed by atoms with van der Waals surface area (Å²) >= 11 is 0. The summed E-state index contributed by atoms with van der Waals surface area (Å²) in [6.45, 7) is 6.61. The molecule has 0 aliphatic carbocycles. The predicted octanol–water partition coefficient (Wildman–Crippen LogP) is 1.75. The summed E-state index contributed by atoms with van der Waals surface area (Å²) in [5, 5.41) is 2.54. The second-order valence-corrected chi connectivity index (χ2v) is 10.9. The fourth-order valence-electron chi connectivity index (χ4n) is 3.97. The monoisotopic (exact) mass is 415 g/mol. The Kier molecular flexibility index (Phi) is 4.80. The molecule has 0 unspecified atom stereocenters. The van der Waals surface area contributed by atoms with Crippen LogP contribution in [-0.2, 0) is 26.9 Å². The average Bonchev–Trinajstić information content (AvgIpc) is 3.13. The first-order valence-corrected chi connectivity index (χ1v) is 11.4. The van der Waals surface area contributed by atoms with E-state index in [9.17, 15) is 13.2 Å². The van der Waals surface area contributed by atoms with Gasteiger partial charge < -0.3 is 10.2 Å². The molecule has 0 radical (unpaired) electrons. The Bertz CT molecular complexity index is 1030. The van der Waals surface area contributed by atoms with Crippen LogP contribution in [0.15, 0.2) is 30.6 Å². The van der Waals surface area contributed by atoms with Crippen molar-refractivity contribution in [3.05, 3.63) is 47.5 Å². The first kappa shape index (κ1) is 19.8. The summed E-state index contributed by atoms with van der Waals surface area (Å²) in [5.41, 5.74) is 1.66. The summed E-state index contributed by atoms with van der Waals surface area (Å²) in [4.78, 5) is 27.6. The Labute approximate surface area is 170 Å². The van der Waals surface area contributed by atoms with Gasteiger partial charge in [-0.25, -0.2) is 18.4 Å². The zero-order valence-electron chi connectivity index (χ0n) is 16.8. The molecule has 29 heavy (non-hydrogen) atoms. The lowest BCUT2D eigenvalue weighted by atomic mass is 9.95. The Morgan fingerprint density at radius 2 is 2.03 bits per heavy atom. The van der Waals surface area contributed by atoms with Gasteiger partial charge in [0.1, 0.15) is 0 Å². The maximum absolute atomic E-state index is 12.8. The minimum Gasteiger partial charge on any atom is -0.349 e. The van der Waals surface area contributed by atoms with Crippen molar-refractivity contribution in [1.82, 2.24) is 19.9 Å². The molecule has 0 aromatic carbocycles. The first-order chi connectivity index (χ1) is 13.6. The number of carbonyl (C=O) groups excluding carboxylic acids is 1. The molecule has 2 aliphatic heterocycles. The van der Waals surface area contributed by atoms with Crippen molar-refractivity contribution in [3.8, 4) is 0 Å². The van der Waals surface area contributed by atoms with Gasteiger partial charge in [0.25, 0.3) is 0 Å². The topological polar surface area (TPSA) is 105 Å². The van der Waals surface area contributed by atoms with Crippen LogP contribution in [0.5, 0.6) is 0 Å². The van der Waals surface area contributed by atoms with Gasteiger partial charge in [0.05, 0.1) is 28.9 Å². The van der Waals surface area contributed by atoms with Crippen LogP contribution in [0.25, 0.3) is 0 Å². The van der Waals surface area contributed by atoms with Crippen LogP contribution in [0.4, 0.5) is 5.95 Å². The van der Waals surface area contributed by atoms with E-state index in [1.54, 1.807) is 17.3 Å². The van der Waals surface area contributed by atoms with E-state index in [-0.39, 0.29) is 24.1 Å². The first-order valence-electron chi connectivity index (χ1n) is 9.66. The molecule has 154 valence electrons. The highest BCUT2D eigenvalue weighted by molar-refractivity contribution is 7.91. The van der Waals surface area contributed by atoms with Gasteiger partial charge in [-0.05, 0) is 12.1 Å². The highest BCUT2D eigenvalue weighted by atomic mass is 32.2. The van der Waals surface area contributed by atoms with Crippen molar-refractivity contribution >= 4 is 21.7 Å². The molecule has 8 nitrogen and oxygen atoms in total. The molecule has 1 saturated heterocycles. The highest BCUT2D eigenvalue weighted by Gasteiger charge is 2.49. The minimum absolute atomic E-state index is 0.0359. The normalized spacial score (nSPS) is 22.7. The number of hydrogen-bond acceptors (Lipinski definition) is 7. The smallest absolute Gasteiger partial charge is 0.228 e. The molecule has 0 bridgehead atoms. The molecule has 1 amide bonds. The number of fused-ring (bicyclic) bond motifs is 3. The zero-order chi connectivity index (χ0) is 20.8. The van der Waals surface area contributed by atoms with Gasteiger partial charge in [-0.3, -0.25) is 9.78 Å². The fourth-order valence-corrected chi connectivity index (χ4v) is 5.97. The van der Waals surface area contributed by atoms with Crippen molar-refractivity contribution in [2.45, 2.75) is 44.2 Å². The Morgan fingerprint density at radius 3 is 2.72 bits per heavy atom. The number of likely N-dealkylation sites (tertiary alicyclic amines) is 1. The van der Waals surface area contributed by atoms with Gasteiger partial charge in [0.15, 0.2) is 9.84 Å². The van der Waals surface area contributed by atoms with Gasteiger partial charge in [-0.1, -0.05) is 26.8 Å². The third-order valence-corrected chi connectivity index (χ3v) is 7.53. The SMILES string of the molecule is CC(C)(C)C(=O)N1C[C@@H]2c3nc(NCc4ccccn4)ncc3CS(=O)(=O)[C@@H]2C1. The number of anilines is 1. The van der Waals surface area contributed by atoms with Crippen molar-refractivity contribution in [1.29, 1.82) is 0 Å². The number of hydrogen-bond donors (Lipinski definition) is 1. The van der Waals surface area contributed by atoms with E-state index in [0.29, 0.717) is 24.6 Å². The maximum atomic E-state index is 12.8. The summed E-state index contributed by atoms with van der Waals surface area (Å²) < 4.78 is 25.6. The Morgan fingerprint density at radius 1 is 1.24 bits per heavy atom. The predicted molar refractivity (Wildman–Crippen MR) is 109 cm³/mol. The molecule has 1 N–H and O–H groups in total. The lowest BCUT2D eigenvalue weighted by molar-refractivity contribution is -0.138. The number of pyridine rings is 1. The van der Waals surface area contributed by atoms with Crippen molar-refractivity contribution in [2.24, 2.45) is 5.41 Å². The molecule has 2 aromatic heterocycles. The lowest BCUT2D eigenvalue weighted by Gasteiger charge is -2.26. The minimum atomic E-state index is -3.36. The molecule has 2 aliphatic rings. The molecule has 2 aromatic rings. The van der Waals surface area contributed by atoms with E-state index in [1.807, 2.05) is 39.0 Å². The summed E-state index contributed by atoms with van der Waals surface area (Å²) in [5.74, 6) is -0.00520. The van der Waals surface area contributed by atoms with E-state index >= 15 is 0 Å². The van der Waals surface area contributed by atoms with Gasteiger partial charge in [0, 0.05) is 42.4 Å². The number of nitrogens with zero attached hydrogens (tertiary/aromatic N) is 4. The Hall–Kier alpha value is -2.55. The maximum Gasteiger partial charge on any atom is 0.228 e. The van der Waals surface area contributed by atoms with E-state index in [0.717, 1.165) is 11.4 Å². The molecule has 0 saturated carbocycles. The van der Waals surface area contributed by atoms with E-state index < -0.39 is 20.5 Å². The molecule has 9 heteroatoms. The van der Waals surface area contributed by atoms with E-state index in [2.05, 4.69) is 20.3 Å². The quantitative estimate of drug-likeness (QED) is 0.814. The number of aromatic nitrogens is 3. The van der Waals surface area contributed by atoms with Crippen LogP contribution in [0.1, 0.15) is 43.6 Å². The zero-order valence-corrected chi connectivity index (χ0v) is 17.6. The van der Waals surface area contributed by atoms with Gasteiger partial charge in [-0.2, -0.15) is 0 Å². The molecule has 0 spiro atoms. The summed E-state index contributed by atoms with van der Waals surface area (Å²) in [6, 6.07) is 5.66. The summed E-state index contributed by atoms with van der Waals surface area (Å²) in [6.07, 6.45) is 3.31. The van der Waals surface area contributed by atoms with Crippen molar-refractivity contribution in [3.63, 3.8) is 0 Å².